The first kappa shape index (κ1) is 23.6. The molecule has 5 aromatic rings. The average Bonchev–Trinajstić information content (AvgIpc) is 3.29. The Hall–Kier alpha value is -3.76. The number of rotatable bonds is 4. The van der Waals surface area contributed by atoms with Crippen molar-refractivity contribution >= 4 is 28.8 Å². The van der Waals surface area contributed by atoms with Gasteiger partial charge in [-0.05, 0) is 86.6 Å². The zero-order valence-electron chi connectivity index (χ0n) is 21.4. The van der Waals surface area contributed by atoms with E-state index in [0.717, 1.165) is 48.3 Å². The van der Waals surface area contributed by atoms with Gasteiger partial charge in [0.2, 0.25) is 0 Å². The fourth-order valence-electron chi connectivity index (χ4n) is 5.53. The van der Waals surface area contributed by atoms with Crippen LogP contribution in [0.3, 0.4) is 0 Å². The van der Waals surface area contributed by atoms with Crippen molar-refractivity contribution in [2.75, 3.05) is 5.32 Å². The number of hydrogen-bond acceptors (Lipinski definition) is 1. The van der Waals surface area contributed by atoms with Crippen LogP contribution in [0.2, 0.25) is 5.02 Å². The predicted molar refractivity (Wildman–Crippen MR) is 153 cm³/mol. The number of aromatic nitrogens is 2. The number of amides is 1. The van der Waals surface area contributed by atoms with Gasteiger partial charge in [-0.1, -0.05) is 59.6 Å². The fourth-order valence-corrected chi connectivity index (χ4v) is 5.72. The van der Waals surface area contributed by atoms with Crippen LogP contribution in [0, 0.1) is 20.8 Å². The van der Waals surface area contributed by atoms with E-state index in [1.165, 1.54) is 27.8 Å². The van der Waals surface area contributed by atoms with Gasteiger partial charge >= 0.3 is 0 Å². The van der Waals surface area contributed by atoms with Crippen LogP contribution < -0.4 is 5.32 Å². The van der Waals surface area contributed by atoms with Crippen molar-refractivity contribution in [2.45, 2.75) is 46.6 Å². The predicted octanol–water partition coefficient (Wildman–Crippen LogP) is 8.24. The van der Waals surface area contributed by atoms with Crippen molar-refractivity contribution < 1.29 is 4.79 Å². The van der Waals surface area contributed by atoms with Crippen LogP contribution in [-0.2, 0) is 13.0 Å². The Morgan fingerprint density at radius 2 is 1.68 bits per heavy atom. The minimum Gasteiger partial charge on any atom is -0.325 e. The van der Waals surface area contributed by atoms with E-state index in [9.17, 15) is 4.79 Å². The van der Waals surface area contributed by atoms with Crippen LogP contribution in [0.15, 0.2) is 72.9 Å². The molecule has 37 heavy (non-hydrogen) atoms. The molecule has 6 rings (SSSR count). The molecule has 0 spiro atoms. The lowest BCUT2D eigenvalue weighted by molar-refractivity contribution is 0.102. The van der Waals surface area contributed by atoms with Gasteiger partial charge < -0.3 is 9.88 Å². The summed E-state index contributed by atoms with van der Waals surface area (Å²) in [5.41, 5.74) is 11.9. The zero-order valence-corrected chi connectivity index (χ0v) is 22.2. The highest BCUT2D eigenvalue weighted by atomic mass is 35.5. The molecule has 3 heterocycles. The maximum atomic E-state index is 14.0. The summed E-state index contributed by atoms with van der Waals surface area (Å²) in [5, 5.41) is 3.71. The Labute approximate surface area is 222 Å². The highest BCUT2D eigenvalue weighted by Gasteiger charge is 2.29. The Balaban J connectivity index is 1.61. The molecule has 1 N–H and O–H groups in total. The quantitative estimate of drug-likeness (QED) is 0.261. The molecule has 0 aliphatic carbocycles. The molecule has 186 valence electrons. The topological polar surface area (TPSA) is 38.4 Å². The third kappa shape index (κ3) is 4.15. The molecule has 3 aromatic carbocycles. The number of carbonyl (C=O) groups excluding carboxylic acids is 1. The van der Waals surface area contributed by atoms with Crippen LogP contribution in [0.4, 0.5) is 5.69 Å². The summed E-state index contributed by atoms with van der Waals surface area (Å²) >= 11 is 6.22. The molecular weight excluding hydrogens is 478 g/mol. The van der Waals surface area contributed by atoms with E-state index >= 15 is 0 Å². The summed E-state index contributed by atoms with van der Waals surface area (Å²) in [4.78, 5) is 14.0. The lowest BCUT2D eigenvalue weighted by Crippen LogP contribution is -2.15. The second-order valence-corrected chi connectivity index (χ2v) is 10.6. The summed E-state index contributed by atoms with van der Waals surface area (Å²) in [6.45, 7) is 7.31. The van der Waals surface area contributed by atoms with Crippen LogP contribution >= 0.6 is 11.6 Å². The molecule has 0 radical (unpaired) electrons. The smallest absolute Gasteiger partial charge is 0.273 e. The maximum Gasteiger partial charge on any atom is 0.273 e. The van der Waals surface area contributed by atoms with Gasteiger partial charge in [-0.2, -0.15) is 0 Å². The standard InChI is InChI=1S/C32H30ClN3O/c1-20-10-13-23(14-11-20)29-27-9-4-5-16-35-28(24-15-12-21(2)22(3)17-24)19-36(32(27)35)30(29)31(37)34-26-8-6-7-25(33)18-26/h6-8,10-15,17-19H,4-5,9,16H2,1-3H3,(H,34,37). The number of nitrogens with one attached hydrogen (secondary N) is 1. The Bertz CT molecular complexity index is 1660. The maximum absolute atomic E-state index is 14.0. The van der Waals surface area contributed by atoms with Gasteiger partial charge in [0, 0.05) is 34.6 Å². The molecular formula is C32H30ClN3O. The molecule has 0 unspecified atom stereocenters. The highest BCUT2D eigenvalue weighted by molar-refractivity contribution is 6.31. The van der Waals surface area contributed by atoms with E-state index in [1.807, 2.05) is 18.2 Å². The van der Waals surface area contributed by atoms with Crippen LogP contribution in [0.25, 0.3) is 28.0 Å². The van der Waals surface area contributed by atoms with Crippen LogP contribution in [0.1, 0.15) is 45.6 Å². The van der Waals surface area contributed by atoms with Gasteiger partial charge in [0.15, 0.2) is 0 Å². The first-order valence-electron chi connectivity index (χ1n) is 12.9. The lowest BCUT2D eigenvalue weighted by Gasteiger charge is -2.11. The third-order valence-corrected chi connectivity index (χ3v) is 7.81. The summed E-state index contributed by atoms with van der Waals surface area (Å²) in [5.74, 6) is -0.136. The minimum absolute atomic E-state index is 0.136. The van der Waals surface area contributed by atoms with Crippen molar-refractivity contribution in [1.82, 2.24) is 8.97 Å². The first-order chi connectivity index (χ1) is 17.9. The SMILES string of the molecule is Cc1ccc(-c2c3c4n(c(-c5ccc(C)c(C)c5)cn4c2C(=O)Nc2cccc(Cl)c2)CCCC3)cc1. The van der Waals surface area contributed by atoms with E-state index in [-0.39, 0.29) is 5.91 Å². The number of anilines is 1. The van der Waals surface area contributed by atoms with Crippen molar-refractivity contribution in [3.05, 3.63) is 106 Å². The normalized spacial score (nSPS) is 13.1. The van der Waals surface area contributed by atoms with Gasteiger partial charge in [0.05, 0.1) is 5.69 Å². The Morgan fingerprint density at radius 3 is 2.43 bits per heavy atom. The molecule has 5 heteroatoms. The molecule has 2 aromatic heterocycles. The number of nitrogens with zero attached hydrogens (tertiary/aromatic N) is 2. The molecule has 0 bridgehead atoms. The van der Waals surface area contributed by atoms with Gasteiger partial charge in [0.1, 0.15) is 11.3 Å². The van der Waals surface area contributed by atoms with Crippen molar-refractivity contribution in [3.8, 4) is 22.4 Å². The molecule has 0 atom stereocenters. The summed E-state index contributed by atoms with van der Waals surface area (Å²) in [6.07, 6.45) is 5.28. The largest absolute Gasteiger partial charge is 0.325 e. The molecule has 1 aliphatic heterocycles. The van der Waals surface area contributed by atoms with Crippen molar-refractivity contribution in [3.63, 3.8) is 0 Å². The van der Waals surface area contributed by atoms with E-state index < -0.39 is 0 Å². The fraction of sp³-hybridized carbons (Fsp3) is 0.219. The monoisotopic (exact) mass is 507 g/mol. The highest BCUT2D eigenvalue weighted by Crippen LogP contribution is 2.40. The molecule has 0 saturated carbocycles. The van der Waals surface area contributed by atoms with E-state index in [0.29, 0.717) is 16.4 Å². The van der Waals surface area contributed by atoms with Gasteiger partial charge in [-0.15, -0.1) is 0 Å². The number of halogens is 1. The van der Waals surface area contributed by atoms with Gasteiger partial charge in [-0.25, -0.2) is 0 Å². The molecule has 1 amide bonds. The number of aryl methyl sites for hydroxylation is 5. The molecule has 0 fully saturated rings. The minimum atomic E-state index is -0.136. The number of hydrogen-bond donors (Lipinski definition) is 1. The molecule has 4 nitrogen and oxygen atoms in total. The van der Waals surface area contributed by atoms with Crippen LogP contribution in [-0.4, -0.2) is 14.9 Å². The molecule has 1 aliphatic rings. The van der Waals surface area contributed by atoms with E-state index in [4.69, 9.17) is 11.6 Å². The second-order valence-electron chi connectivity index (χ2n) is 10.1. The summed E-state index contributed by atoms with van der Waals surface area (Å²) < 4.78 is 4.54. The summed E-state index contributed by atoms with van der Waals surface area (Å²) in [6, 6.07) is 22.5. The number of benzene rings is 3. The van der Waals surface area contributed by atoms with Crippen molar-refractivity contribution in [1.29, 1.82) is 0 Å². The summed E-state index contributed by atoms with van der Waals surface area (Å²) in [7, 11) is 0. The third-order valence-electron chi connectivity index (χ3n) is 7.57. The average molecular weight is 508 g/mol. The molecule has 0 saturated heterocycles. The lowest BCUT2D eigenvalue weighted by atomic mass is 9.97. The van der Waals surface area contributed by atoms with Gasteiger partial charge in [-0.3, -0.25) is 9.20 Å². The van der Waals surface area contributed by atoms with E-state index in [2.05, 4.69) is 83.7 Å². The first-order valence-corrected chi connectivity index (χ1v) is 13.3. The second kappa shape index (κ2) is 9.28. The zero-order chi connectivity index (χ0) is 25.7. The number of carbonyl (C=O) groups is 1. The van der Waals surface area contributed by atoms with Crippen molar-refractivity contribution in [2.24, 2.45) is 0 Å². The Morgan fingerprint density at radius 1 is 0.892 bits per heavy atom. The Kier molecular flexibility index (Phi) is 5.92. The van der Waals surface area contributed by atoms with Gasteiger partial charge in [0.25, 0.3) is 5.91 Å². The van der Waals surface area contributed by atoms with E-state index in [1.54, 1.807) is 6.07 Å². The number of imidazole rings is 1. The van der Waals surface area contributed by atoms with Crippen LogP contribution in [0.5, 0.6) is 0 Å².